The van der Waals surface area contributed by atoms with Crippen molar-refractivity contribution in [1.29, 1.82) is 10.5 Å². The Morgan fingerprint density at radius 3 is 1.52 bits per heavy atom. The molecule has 0 unspecified atom stereocenters. The zero-order chi connectivity index (χ0) is 45.7. The van der Waals surface area contributed by atoms with Crippen LogP contribution in [0.4, 0.5) is 21.0 Å². The molecule has 19 nitrogen and oxygen atoms in total. The highest BCUT2D eigenvalue weighted by Crippen LogP contribution is 2.20. The van der Waals surface area contributed by atoms with Crippen molar-refractivity contribution in [3.05, 3.63) is 80.5 Å². The molecule has 0 aliphatic carbocycles. The summed E-state index contributed by atoms with van der Waals surface area (Å²) in [6.45, 7) is 16.0. The second kappa shape index (κ2) is 36.1. The summed E-state index contributed by atoms with van der Waals surface area (Å²) in [6.07, 6.45) is 0.916. The number of alkyl carbamates (subject to hydrolysis) is 2. The maximum atomic E-state index is 11.6. The van der Waals surface area contributed by atoms with Crippen molar-refractivity contribution in [1.82, 2.24) is 15.5 Å². The van der Waals surface area contributed by atoms with Gasteiger partial charge in [-0.2, -0.15) is 10.5 Å². The number of halogens is 1. The van der Waals surface area contributed by atoms with Crippen molar-refractivity contribution in [2.45, 2.75) is 99.4 Å². The predicted molar refractivity (Wildman–Crippen MR) is 230 cm³/mol. The Labute approximate surface area is 360 Å². The molecule has 0 saturated heterocycles. The lowest BCUT2D eigenvalue weighted by molar-refractivity contribution is -0.146. The van der Waals surface area contributed by atoms with Gasteiger partial charge in [0, 0.05) is 46.4 Å². The number of aliphatic carboxylic acids is 1. The van der Waals surface area contributed by atoms with E-state index in [2.05, 4.69) is 86.1 Å². The number of carbonyl (C=O) groups excluding carboxylic acids is 3. The SMILES string of the molecule is CCN(C(C)C)C(C)C.C[C@@H](CCCNC(=O)OCc1ccccc1N=[N+]=[N-])C(=O)O.C[C@@H](CCCNC(=O)OCc1ccccc1N=[N+]=[N-])C(=O)OCC#N.N#CCBr. The first-order valence-corrected chi connectivity index (χ1v) is 20.3. The minimum absolute atomic E-state index is 0.00739. The van der Waals surface area contributed by atoms with Gasteiger partial charge in [-0.25, -0.2) is 9.59 Å². The minimum Gasteiger partial charge on any atom is -0.481 e. The molecule has 2 amide bonds. The summed E-state index contributed by atoms with van der Waals surface area (Å²) in [5.41, 5.74) is 19.0. The first-order chi connectivity index (χ1) is 28.6. The topological polar surface area (TPSA) is 289 Å². The van der Waals surface area contributed by atoms with E-state index >= 15 is 0 Å². The van der Waals surface area contributed by atoms with Crippen molar-refractivity contribution in [3.8, 4) is 12.1 Å². The number of nitrogens with zero attached hydrogens (tertiary/aromatic N) is 9. The van der Waals surface area contributed by atoms with Crippen LogP contribution in [0.15, 0.2) is 58.8 Å². The first-order valence-electron chi connectivity index (χ1n) is 19.2. The molecular weight excluding hydrogens is 842 g/mol. The molecule has 0 saturated carbocycles. The molecule has 60 heavy (non-hydrogen) atoms. The smallest absolute Gasteiger partial charge is 0.407 e. The monoisotopic (exact) mass is 899 g/mol. The summed E-state index contributed by atoms with van der Waals surface area (Å²) in [7, 11) is 0. The van der Waals surface area contributed by atoms with E-state index in [0.29, 0.717) is 78.7 Å². The number of esters is 1. The summed E-state index contributed by atoms with van der Waals surface area (Å²) in [5, 5.41) is 37.2. The second-order valence-corrected chi connectivity index (χ2v) is 13.7. The highest BCUT2D eigenvalue weighted by molar-refractivity contribution is 9.09. The molecule has 20 heteroatoms. The van der Waals surface area contributed by atoms with E-state index in [0.717, 1.165) is 6.54 Å². The number of azide groups is 2. The Bertz CT molecular complexity index is 1750. The molecule has 0 fully saturated rings. The van der Waals surface area contributed by atoms with Gasteiger partial charge in [0.1, 0.15) is 19.3 Å². The summed E-state index contributed by atoms with van der Waals surface area (Å²) in [5.74, 6) is -2.06. The quantitative estimate of drug-likeness (QED) is 0.0214. The van der Waals surface area contributed by atoms with Gasteiger partial charge in [-0.15, -0.1) is 0 Å². The number of hydrogen-bond acceptors (Lipinski definition) is 12. The number of carboxylic acids is 1. The van der Waals surface area contributed by atoms with Gasteiger partial charge in [0.2, 0.25) is 0 Å². The normalized spacial score (nSPS) is 10.7. The zero-order valence-corrected chi connectivity index (χ0v) is 37.0. The van der Waals surface area contributed by atoms with Crippen molar-refractivity contribution in [2.24, 2.45) is 22.1 Å². The average molecular weight is 901 g/mol. The van der Waals surface area contributed by atoms with Crippen LogP contribution in [0.2, 0.25) is 0 Å². The lowest BCUT2D eigenvalue weighted by Gasteiger charge is -2.28. The minimum atomic E-state index is -0.850. The number of nitriles is 2. The third-order valence-electron chi connectivity index (χ3n) is 8.03. The highest BCUT2D eigenvalue weighted by atomic mass is 79.9. The number of amides is 2. The molecule has 0 heterocycles. The molecule has 328 valence electrons. The van der Waals surface area contributed by atoms with Crippen LogP contribution >= 0.6 is 15.9 Å². The van der Waals surface area contributed by atoms with Gasteiger partial charge in [0.05, 0.1) is 23.2 Å². The van der Waals surface area contributed by atoms with Crippen LogP contribution < -0.4 is 10.6 Å². The Morgan fingerprint density at radius 1 is 0.767 bits per heavy atom. The molecule has 3 N–H and O–H groups in total. The third kappa shape index (κ3) is 28.4. The summed E-state index contributed by atoms with van der Waals surface area (Å²) < 4.78 is 14.8. The number of benzene rings is 2. The zero-order valence-electron chi connectivity index (χ0n) is 35.4. The van der Waals surface area contributed by atoms with Gasteiger partial charge in [0.25, 0.3) is 0 Å². The summed E-state index contributed by atoms with van der Waals surface area (Å²) in [6, 6.07) is 18.6. The Hall–Kier alpha value is -6.04. The maximum absolute atomic E-state index is 11.6. The molecule has 2 aromatic carbocycles. The van der Waals surface area contributed by atoms with E-state index in [9.17, 15) is 19.2 Å². The van der Waals surface area contributed by atoms with E-state index in [1.807, 2.05) is 6.07 Å². The number of carbonyl (C=O) groups is 4. The molecule has 0 aliphatic rings. The average Bonchev–Trinajstić information content (AvgIpc) is 3.22. The van der Waals surface area contributed by atoms with Crippen LogP contribution in [-0.4, -0.2) is 77.8 Å². The molecule has 0 aromatic heterocycles. The molecule has 0 spiro atoms. The second-order valence-electron chi connectivity index (χ2n) is 13.1. The molecule has 0 bridgehead atoms. The predicted octanol–water partition coefficient (Wildman–Crippen LogP) is 9.72. The number of carboxylic acid groups (broad SMARTS) is 1. The highest BCUT2D eigenvalue weighted by Gasteiger charge is 2.15. The fraction of sp³-hybridized carbons (Fsp3) is 0.550. The van der Waals surface area contributed by atoms with Gasteiger partial charge < -0.3 is 30.0 Å². The standard InChI is InChI=1S/C16H19N5O4.C14H18N4O4.C8H19N.C2H2BrN/c1-12(15(22)24-10-8-17)5-4-9-19-16(23)25-11-13-6-2-3-7-14(13)20-21-18;1-10(13(19)20)5-4-8-16-14(21)22-9-11-6-2-3-7-12(11)17-18-15;1-6-9(7(2)3)8(4)5;3-1-2-4/h2-3,6-7,12H,4-5,9-11H2,1H3,(H,19,23);2-3,6-7,10H,4-5,8-9H2,1H3,(H,16,21)(H,19,20);7-8H,6H2,1-5H3;1H2/t12-;10-;;/m00../s1. The summed E-state index contributed by atoms with van der Waals surface area (Å²) >= 11 is 2.89. The van der Waals surface area contributed by atoms with Crippen LogP contribution in [0, 0.1) is 34.5 Å². The first kappa shape index (κ1) is 56.1. The Kier molecular flexibility index (Phi) is 33.7. The lowest BCUT2D eigenvalue weighted by atomic mass is 10.1. The third-order valence-corrected chi connectivity index (χ3v) is 8.28. The molecule has 0 aliphatic heterocycles. The number of ether oxygens (including phenoxy) is 3. The Morgan fingerprint density at radius 2 is 1.18 bits per heavy atom. The Balaban J connectivity index is 0. The van der Waals surface area contributed by atoms with Crippen LogP contribution in [0.3, 0.4) is 0 Å². The van der Waals surface area contributed by atoms with E-state index < -0.39 is 30.0 Å². The van der Waals surface area contributed by atoms with E-state index in [-0.39, 0.29) is 25.7 Å². The van der Waals surface area contributed by atoms with Gasteiger partial charge >= 0.3 is 24.1 Å². The van der Waals surface area contributed by atoms with E-state index in [1.165, 1.54) is 0 Å². The fourth-order valence-corrected chi connectivity index (χ4v) is 4.96. The van der Waals surface area contributed by atoms with Crippen LogP contribution in [-0.2, 0) is 37.0 Å². The lowest BCUT2D eigenvalue weighted by Crippen LogP contribution is -2.36. The van der Waals surface area contributed by atoms with E-state index in [4.69, 9.17) is 40.9 Å². The number of nitrogens with one attached hydrogen (secondary N) is 2. The van der Waals surface area contributed by atoms with Gasteiger partial charge in [-0.3, -0.25) is 14.5 Å². The van der Waals surface area contributed by atoms with Crippen molar-refractivity contribution < 1.29 is 38.5 Å². The van der Waals surface area contributed by atoms with Crippen LogP contribution in [0.5, 0.6) is 0 Å². The molecule has 0 radical (unpaired) electrons. The van der Waals surface area contributed by atoms with Crippen molar-refractivity contribution in [2.75, 3.05) is 31.6 Å². The number of hydrogen-bond donors (Lipinski definition) is 3. The number of alkyl halides is 1. The largest absolute Gasteiger partial charge is 0.481 e. The summed E-state index contributed by atoms with van der Waals surface area (Å²) in [4.78, 5) is 53.1. The molecule has 2 aromatic rings. The molecule has 2 rings (SSSR count). The van der Waals surface area contributed by atoms with Crippen molar-refractivity contribution >= 4 is 51.4 Å². The van der Waals surface area contributed by atoms with Crippen molar-refractivity contribution in [3.63, 3.8) is 0 Å². The van der Waals surface area contributed by atoms with Crippen LogP contribution in [0.1, 0.15) is 85.3 Å². The van der Waals surface area contributed by atoms with Crippen LogP contribution in [0.25, 0.3) is 20.9 Å². The van der Waals surface area contributed by atoms with Gasteiger partial charge in [0.15, 0.2) is 6.61 Å². The molecule has 2 atom stereocenters. The maximum Gasteiger partial charge on any atom is 0.407 e. The van der Waals surface area contributed by atoms with Gasteiger partial charge in [-0.1, -0.05) is 95.5 Å². The van der Waals surface area contributed by atoms with Gasteiger partial charge in [-0.05, 0) is 82.1 Å². The molecular formula is C40H58BrN11O8. The van der Waals surface area contributed by atoms with E-state index in [1.54, 1.807) is 68.4 Å². The number of rotatable bonds is 20. The fourth-order valence-electron chi connectivity index (χ4n) is 4.96.